The fraction of sp³-hybridized carbons (Fsp3) is 0.600. The summed E-state index contributed by atoms with van der Waals surface area (Å²) in [5, 5.41) is 3.20. The number of hydrogen-bond donors (Lipinski definition) is 2. The number of benzene rings is 1. The van der Waals surface area contributed by atoms with Crippen LogP contribution in [0.25, 0.3) is 0 Å². The van der Waals surface area contributed by atoms with Crippen LogP contribution < -0.4 is 10.0 Å². The lowest BCUT2D eigenvalue weighted by Gasteiger charge is -2.39. The Morgan fingerprint density at radius 1 is 1.30 bits per heavy atom. The lowest BCUT2D eigenvalue weighted by Crippen LogP contribution is -2.49. The zero-order valence-corrected chi connectivity index (χ0v) is 17.1. The zero-order chi connectivity index (χ0) is 19.6. The van der Waals surface area contributed by atoms with E-state index in [0.717, 1.165) is 12.8 Å². The van der Waals surface area contributed by atoms with Gasteiger partial charge in [0.15, 0.2) is 0 Å². The summed E-state index contributed by atoms with van der Waals surface area (Å²) in [7, 11) is -3.59. The van der Waals surface area contributed by atoms with Crippen molar-refractivity contribution in [3.05, 3.63) is 29.8 Å². The first-order chi connectivity index (χ1) is 12.6. The molecule has 1 heterocycles. The highest BCUT2D eigenvalue weighted by molar-refractivity contribution is 7.90. The van der Waals surface area contributed by atoms with Crippen LogP contribution in [0.5, 0.6) is 0 Å². The predicted molar refractivity (Wildman–Crippen MR) is 104 cm³/mol. The average molecular weight is 390 g/mol. The summed E-state index contributed by atoms with van der Waals surface area (Å²) in [5.74, 6) is 0.733. The summed E-state index contributed by atoms with van der Waals surface area (Å²) in [5.41, 5.74) is 0.840. The first-order valence-electron chi connectivity index (χ1n) is 9.57. The van der Waals surface area contributed by atoms with Crippen LogP contribution in [0.4, 0.5) is 0 Å². The monoisotopic (exact) mass is 389 g/mol. The van der Waals surface area contributed by atoms with Crippen LogP contribution in [0.3, 0.4) is 0 Å². The Balaban J connectivity index is 1.53. The highest BCUT2D eigenvalue weighted by atomic mass is 32.2. The Kier molecular flexibility index (Phi) is 3.97. The Bertz CT molecular complexity index is 938. The van der Waals surface area contributed by atoms with Gasteiger partial charge in [-0.3, -0.25) is 14.5 Å². The van der Waals surface area contributed by atoms with E-state index in [1.165, 1.54) is 6.42 Å². The molecule has 3 unspecified atom stereocenters. The van der Waals surface area contributed by atoms with E-state index in [2.05, 4.69) is 35.8 Å². The van der Waals surface area contributed by atoms with Crippen molar-refractivity contribution < 1.29 is 13.2 Å². The van der Waals surface area contributed by atoms with Gasteiger partial charge in [-0.05, 0) is 55.1 Å². The van der Waals surface area contributed by atoms with Gasteiger partial charge in [0.1, 0.15) is 11.9 Å². The molecule has 1 amide bonds. The van der Waals surface area contributed by atoms with Gasteiger partial charge in [0.05, 0.1) is 4.90 Å². The summed E-state index contributed by atoms with van der Waals surface area (Å²) in [6.45, 7) is 8.61. The number of aliphatic imine (C=N–C) groups is 1. The number of carbonyl (C=O) groups excluding carboxylic acids is 1. The third-order valence-electron chi connectivity index (χ3n) is 7.48. The van der Waals surface area contributed by atoms with Crippen LogP contribution in [-0.2, 0) is 14.8 Å². The maximum Gasteiger partial charge on any atom is 0.263 e. The molecule has 1 aromatic carbocycles. The van der Waals surface area contributed by atoms with Gasteiger partial charge in [-0.25, -0.2) is 8.42 Å². The van der Waals surface area contributed by atoms with Gasteiger partial charge in [-0.1, -0.05) is 32.9 Å². The van der Waals surface area contributed by atoms with Crippen molar-refractivity contribution in [2.24, 2.45) is 21.7 Å². The minimum atomic E-state index is -3.59. The highest BCUT2D eigenvalue weighted by Crippen LogP contribution is 2.65. The maximum absolute atomic E-state index is 12.8. The molecule has 146 valence electrons. The summed E-state index contributed by atoms with van der Waals surface area (Å²) in [6.07, 6.45) is 3.37. The van der Waals surface area contributed by atoms with Gasteiger partial charge in [-0.15, -0.1) is 0 Å². The number of amidine groups is 1. The molecule has 1 aromatic rings. The molecule has 4 rings (SSSR count). The third-order valence-corrected chi connectivity index (χ3v) is 8.87. The fourth-order valence-electron chi connectivity index (χ4n) is 5.20. The summed E-state index contributed by atoms with van der Waals surface area (Å²) in [4.78, 5) is 17.4. The lowest BCUT2D eigenvalue weighted by molar-refractivity contribution is -0.123. The number of amides is 1. The first-order valence-corrected chi connectivity index (χ1v) is 11.0. The summed E-state index contributed by atoms with van der Waals surface area (Å²) < 4.78 is 26.9. The molecule has 2 aliphatic carbocycles. The lowest BCUT2D eigenvalue weighted by atomic mass is 9.69. The van der Waals surface area contributed by atoms with Crippen molar-refractivity contribution in [3.63, 3.8) is 0 Å². The van der Waals surface area contributed by atoms with Gasteiger partial charge in [0.25, 0.3) is 10.0 Å². The van der Waals surface area contributed by atoms with E-state index in [1.54, 1.807) is 31.2 Å². The Morgan fingerprint density at radius 2 is 2.00 bits per heavy atom. The van der Waals surface area contributed by atoms with Crippen LogP contribution >= 0.6 is 0 Å². The van der Waals surface area contributed by atoms with Crippen molar-refractivity contribution in [2.75, 3.05) is 0 Å². The van der Waals surface area contributed by atoms with Crippen LogP contribution in [0.2, 0.25) is 0 Å². The van der Waals surface area contributed by atoms with Crippen molar-refractivity contribution in [2.45, 2.75) is 63.9 Å². The molecule has 7 heteroatoms. The van der Waals surface area contributed by atoms with Gasteiger partial charge in [0, 0.05) is 11.6 Å². The van der Waals surface area contributed by atoms with Crippen LogP contribution in [0.15, 0.2) is 34.2 Å². The Morgan fingerprint density at radius 3 is 2.63 bits per heavy atom. The molecule has 0 aromatic heterocycles. The van der Waals surface area contributed by atoms with E-state index in [9.17, 15) is 13.2 Å². The Labute approximate surface area is 160 Å². The van der Waals surface area contributed by atoms with E-state index in [1.807, 2.05) is 0 Å². The molecule has 2 bridgehead atoms. The number of hydrogen-bond acceptors (Lipinski definition) is 4. The Hall–Kier alpha value is -1.89. The maximum atomic E-state index is 12.8. The SMILES string of the molecule is C[C@H](N=C1NS(=O)(=O)c2ccccc21)C(=O)NC1CC2CCC1(C)C2(C)C. The molecule has 3 aliphatic rings. The quantitative estimate of drug-likeness (QED) is 0.832. The molecule has 1 aliphatic heterocycles. The zero-order valence-electron chi connectivity index (χ0n) is 16.2. The smallest absolute Gasteiger partial charge is 0.263 e. The molecule has 27 heavy (non-hydrogen) atoms. The van der Waals surface area contributed by atoms with Gasteiger partial charge in [0.2, 0.25) is 5.91 Å². The third kappa shape index (κ3) is 2.62. The van der Waals surface area contributed by atoms with Gasteiger partial charge < -0.3 is 5.32 Å². The van der Waals surface area contributed by atoms with Crippen molar-refractivity contribution in [1.29, 1.82) is 0 Å². The summed E-state index contributed by atoms with van der Waals surface area (Å²) >= 11 is 0. The van der Waals surface area contributed by atoms with E-state index >= 15 is 0 Å². The molecule has 0 radical (unpaired) electrons. The number of nitrogens with zero attached hydrogens (tertiary/aromatic N) is 1. The number of rotatable bonds is 3. The number of nitrogens with one attached hydrogen (secondary N) is 2. The number of sulfonamides is 1. The molecule has 2 fully saturated rings. The molecule has 2 N–H and O–H groups in total. The van der Waals surface area contributed by atoms with Crippen LogP contribution in [0.1, 0.15) is 52.5 Å². The van der Waals surface area contributed by atoms with E-state index in [-0.39, 0.29) is 33.5 Å². The molecule has 4 atom stereocenters. The number of fused-ring (bicyclic) bond motifs is 3. The molecule has 2 saturated carbocycles. The number of carbonyl (C=O) groups is 1. The normalized spacial score (nSPS) is 34.9. The highest BCUT2D eigenvalue weighted by Gasteiger charge is 2.61. The van der Waals surface area contributed by atoms with Crippen LogP contribution in [-0.4, -0.2) is 32.2 Å². The van der Waals surface area contributed by atoms with Gasteiger partial charge >= 0.3 is 0 Å². The second-order valence-corrected chi connectivity index (χ2v) is 10.6. The van der Waals surface area contributed by atoms with Crippen LogP contribution in [0, 0.1) is 16.7 Å². The van der Waals surface area contributed by atoms with E-state index in [4.69, 9.17) is 0 Å². The fourth-order valence-corrected chi connectivity index (χ4v) is 6.44. The van der Waals surface area contributed by atoms with Crippen molar-refractivity contribution in [3.8, 4) is 0 Å². The molecule has 6 nitrogen and oxygen atoms in total. The topological polar surface area (TPSA) is 87.6 Å². The molecular formula is C20H27N3O3S. The second kappa shape index (κ2) is 5.80. The molecular weight excluding hydrogens is 362 g/mol. The molecule has 0 spiro atoms. The minimum absolute atomic E-state index is 0.0989. The molecule has 0 saturated heterocycles. The predicted octanol–water partition coefficient (Wildman–Crippen LogP) is 2.44. The first kappa shape index (κ1) is 18.5. The largest absolute Gasteiger partial charge is 0.351 e. The standard InChI is InChI=1S/C20H27N3O3S/c1-12(21-17-14-7-5-6-8-15(14)27(25,26)23-17)18(24)22-16-11-13-9-10-20(16,4)19(13,2)3/h5-8,12-13,16H,9-11H2,1-4H3,(H,21,23)(H,22,24)/t12-,13?,16?,20?/m0/s1. The van der Waals surface area contributed by atoms with Gasteiger partial charge in [-0.2, -0.15) is 0 Å². The minimum Gasteiger partial charge on any atom is -0.351 e. The second-order valence-electron chi connectivity index (χ2n) is 8.93. The average Bonchev–Trinajstić information content (AvgIpc) is 3.07. The van der Waals surface area contributed by atoms with E-state index in [0.29, 0.717) is 11.5 Å². The van der Waals surface area contributed by atoms with Crippen molar-refractivity contribution in [1.82, 2.24) is 10.0 Å². The summed E-state index contributed by atoms with van der Waals surface area (Å²) in [6, 6.07) is 6.17. The van der Waals surface area contributed by atoms with Crippen molar-refractivity contribution >= 4 is 21.8 Å². The van der Waals surface area contributed by atoms with E-state index < -0.39 is 16.1 Å².